The summed E-state index contributed by atoms with van der Waals surface area (Å²) in [7, 11) is 0. The van der Waals surface area contributed by atoms with Crippen LogP contribution >= 0.6 is 15.9 Å². The minimum Gasteiger partial charge on any atom is -0.462 e. The van der Waals surface area contributed by atoms with Crippen LogP contribution in [0.25, 0.3) is 10.9 Å². The van der Waals surface area contributed by atoms with Crippen LogP contribution in [0.5, 0.6) is 0 Å². The number of aryl methyl sites for hydroxylation is 1. The summed E-state index contributed by atoms with van der Waals surface area (Å²) < 4.78 is 6.17. The lowest BCUT2D eigenvalue weighted by atomic mass is 10.1. The Balaban J connectivity index is 2.16. The van der Waals surface area contributed by atoms with Gasteiger partial charge in [0.25, 0.3) is 0 Å². The van der Waals surface area contributed by atoms with E-state index in [4.69, 9.17) is 4.74 Å². The second-order valence-electron chi connectivity index (χ2n) is 5.42. The van der Waals surface area contributed by atoms with Crippen LogP contribution in [0.1, 0.15) is 22.8 Å². The number of rotatable bonds is 4. The molecular formula is C19H17BrN2O2. The number of esters is 1. The molecule has 5 heteroatoms. The van der Waals surface area contributed by atoms with Gasteiger partial charge in [-0.05, 0) is 50.2 Å². The molecule has 1 N–H and O–H groups in total. The maximum atomic E-state index is 12.3. The monoisotopic (exact) mass is 384 g/mol. The van der Waals surface area contributed by atoms with Crippen molar-refractivity contribution in [3.05, 3.63) is 64.3 Å². The molecule has 0 saturated heterocycles. The smallest absolute Gasteiger partial charge is 0.341 e. The van der Waals surface area contributed by atoms with Gasteiger partial charge in [-0.15, -0.1) is 0 Å². The molecule has 3 aromatic rings. The number of carbonyl (C=O) groups is 1. The fourth-order valence-corrected chi connectivity index (χ4v) is 2.75. The van der Waals surface area contributed by atoms with Crippen molar-refractivity contribution in [3.63, 3.8) is 0 Å². The van der Waals surface area contributed by atoms with Gasteiger partial charge in [0, 0.05) is 21.7 Å². The van der Waals surface area contributed by atoms with E-state index in [9.17, 15) is 4.79 Å². The molecule has 0 saturated carbocycles. The number of ether oxygens (including phenoxy) is 1. The van der Waals surface area contributed by atoms with Gasteiger partial charge in [-0.2, -0.15) is 0 Å². The Labute approximate surface area is 149 Å². The largest absolute Gasteiger partial charge is 0.462 e. The van der Waals surface area contributed by atoms with Gasteiger partial charge < -0.3 is 10.1 Å². The van der Waals surface area contributed by atoms with E-state index < -0.39 is 0 Å². The first-order valence-electron chi connectivity index (χ1n) is 7.67. The SMILES string of the molecule is CCOC(=O)c1cnc2ccc(C)cc2c1Nc1ccc(Br)cc1. The second kappa shape index (κ2) is 7.01. The lowest BCUT2D eigenvalue weighted by Crippen LogP contribution is -2.09. The standard InChI is InChI=1S/C19H17BrN2O2/c1-3-24-19(23)16-11-21-17-9-4-12(2)10-15(17)18(16)22-14-7-5-13(20)6-8-14/h4-11H,3H2,1-2H3,(H,21,22). The van der Waals surface area contributed by atoms with Crippen LogP contribution < -0.4 is 5.32 Å². The first-order valence-corrected chi connectivity index (χ1v) is 8.47. The summed E-state index contributed by atoms with van der Waals surface area (Å²) in [5, 5.41) is 4.24. The van der Waals surface area contributed by atoms with E-state index in [2.05, 4.69) is 26.2 Å². The fourth-order valence-electron chi connectivity index (χ4n) is 2.48. The number of nitrogens with one attached hydrogen (secondary N) is 1. The van der Waals surface area contributed by atoms with E-state index in [1.807, 2.05) is 49.4 Å². The highest BCUT2D eigenvalue weighted by Crippen LogP contribution is 2.30. The maximum Gasteiger partial charge on any atom is 0.341 e. The molecule has 0 bridgehead atoms. The van der Waals surface area contributed by atoms with E-state index in [0.29, 0.717) is 17.9 Å². The molecule has 0 radical (unpaired) electrons. The molecule has 0 fully saturated rings. The van der Waals surface area contributed by atoms with Crippen LogP contribution in [0.4, 0.5) is 11.4 Å². The number of fused-ring (bicyclic) bond motifs is 1. The molecule has 0 aliphatic heterocycles. The van der Waals surface area contributed by atoms with Gasteiger partial charge in [-0.1, -0.05) is 27.6 Å². The molecule has 122 valence electrons. The predicted octanol–water partition coefficient (Wildman–Crippen LogP) is 5.23. The third kappa shape index (κ3) is 3.41. The number of halogens is 1. The maximum absolute atomic E-state index is 12.3. The normalized spacial score (nSPS) is 10.6. The molecule has 3 rings (SSSR count). The molecule has 1 aromatic heterocycles. The minimum atomic E-state index is -0.381. The molecule has 0 unspecified atom stereocenters. The highest BCUT2D eigenvalue weighted by Gasteiger charge is 2.17. The average molecular weight is 385 g/mol. The van der Waals surface area contributed by atoms with Crippen LogP contribution in [0.2, 0.25) is 0 Å². The quantitative estimate of drug-likeness (QED) is 0.625. The van der Waals surface area contributed by atoms with Crippen molar-refractivity contribution in [2.24, 2.45) is 0 Å². The summed E-state index contributed by atoms with van der Waals surface area (Å²) in [5.41, 5.74) is 3.96. The Bertz CT molecular complexity index is 892. The number of nitrogens with zero attached hydrogens (tertiary/aromatic N) is 1. The second-order valence-corrected chi connectivity index (χ2v) is 6.34. The number of anilines is 2. The predicted molar refractivity (Wildman–Crippen MR) is 99.9 cm³/mol. The molecule has 1 heterocycles. The Kier molecular flexibility index (Phi) is 4.81. The Hall–Kier alpha value is -2.40. The van der Waals surface area contributed by atoms with Crippen molar-refractivity contribution in [2.75, 3.05) is 11.9 Å². The van der Waals surface area contributed by atoms with Crippen molar-refractivity contribution in [1.82, 2.24) is 4.98 Å². The molecule has 2 aromatic carbocycles. The summed E-state index contributed by atoms with van der Waals surface area (Å²) in [6, 6.07) is 13.8. The van der Waals surface area contributed by atoms with Gasteiger partial charge >= 0.3 is 5.97 Å². The van der Waals surface area contributed by atoms with E-state index >= 15 is 0 Å². The zero-order valence-corrected chi connectivity index (χ0v) is 15.1. The first kappa shape index (κ1) is 16.5. The highest BCUT2D eigenvalue weighted by atomic mass is 79.9. The summed E-state index contributed by atoms with van der Waals surface area (Å²) >= 11 is 3.43. The lowest BCUT2D eigenvalue weighted by molar-refractivity contribution is 0.0527. The Morgan fingerprint density at radius 3 is 2.67 bits per heavy atom. The summed E-state index contributed by atoms with van der Waals surface area (Å²) in [6.07, 6.45) is 1.57. The van der Waals surface area contributed by atoms with E-state index in [-0.39, 0.29) is 5.97 Å². The Morgan fingerprint density at radius 1 is 1.21 bits per heavy atom. The van der Waals surface area contributed by atoms with Crippen LogP contribution in [-0.2, 0) is 4.74 Å². The summed E-state index contributed by atoms with van der Waals surface area (Å²) in [5.74, 6) is -0.381. The molecule has 0 atom stereocenters. The molecular weight excluding hydrogens is 368 g/mol. The van der Waals surface area contributed by atoms with Gasteiger partial charge in [0.2, 0.25) is 0 Å². The minimum absolute atomic E-state index is 0.322. The first-order chi connectivity index (χ1) is 11.6. The fraction of sp³-hybridized carbons (Fsp3) is 0.158. The molecule has 0 aliphatic carbocycles. The van der Waals surface area contributed by atoms with Gasteiger partial charge in [0.05, 0.1) is 17.8 Å². The lowest BCUT2D eigenvalue weighted by Gasteiger charge is -2.14. The van der Waals surface area contributed by atoms with E-state index in [1.165, 1.54) is 0 Å². The number of benzene rings is 2. The molecule has 0 aliphatic rings. The zero-order chi connectivity index (χ0) is 17.1. The summed E-state index contributed by atoms with van der Waals surface area (Å²) in [4.78, 5) is 16.7. The Morgan fingerprint density at radius 2 is 1.96 bits per heavy atom. The number of pyridine rings is 1. The average Bonchev–Trinajstić information content (AvgIpc) is 2.57. The summed E-state index contributed by atoms with van der Waals surface area (Å²) in [6.45, 7) is 4.13. The topological polar surface area (TPSA) is 51.2 Å². The third-order valence-corrected chi connectivity index (χ3v) is 4.16. The van der Waals surface area contributed by atoms with Crippen LogP contribution in [0.15, 0.2) is 53.1 Å². The van der Waals surface area contributed by atoms with Crippen molar-refractivity contribution < 1.29 is 9.53 Å². The molecule has 0 spiro atoms. The molecule has 0 amide bonds. The number of aromatic nitrogens is 1. The van der Waals surface area contributed by atoms with E-state index in [0.717, 1.165) is 26.6 Å². The number of hydrogen-bond acceptors (Lipinski definition) is 4. The zero-order valence-electron chi connectivity index (χ0n) is 13.5. The van der Waals surface area contributed by atoms with Gasteiger partial charge in [-0.25, -0.2) is 4.79 Å². The number of hydrogen-bond donors (Lipinski definition) is 1. The third-order valence-electron chi connectivity index (χ3n) is 3.63. The van der Waals surface area contributed by atoms with Gasteiger partial charge in [0.15, 0.2) is 0 Å². The van der Waals surface area contributed by atoms with Crippen molar-refractivity contribution in [3.8, 4) is 0 Å². The van der Waals surface area contributed by atoms with E-state index in [1.54, 1.807) is 13.1 Å². The van der Waals surface area contributed by atoms with Gasteiger partial charge in [0.1, 0.15) is 5.56 Å². The van der Waals surface area contributed by atoms with Crippen molar-refractivity contribution in [1.29, 1.82) is 0 Å². The molecule has 24 heavy (non-hydrogen) atoms. The van der Waals surface area contributed by atoms with Crippen LogP contribution in [0, 0.1) is 6.92 Å². The van der Waals surface area contributed by atoms with Crippen molar-refractivity contribution in [2.45, 2.75) is 13.8 Å². The highest BCUT2D eigenvalue weighted by molar-refractivity contribution is 9.10. The van der Waals surface area contributed by atoms with Gasteiger partial charge in [-0.3, -0.25) is 4.98 Å². The van der Waals surface area contributed by atoms with Crippen molar-refractivity contribution >= 4 is 44.2 Å². The molecule has 4 nitrogen and oxygen atoms in total. The van der Waals surface area contributed by atoms with Crippen LogP contribution in [-0.4, -0.2) is 17.6 Å². The number of carbonyl (C=O) groups excluding carboxylic acids is 1. The van der Waals surface area contributed by atoms with Crippen LogP contribution in [0.3, 0.4) is 0 Å².